The SMILES string of the molecule is C[C@H](Nc1cc(C(F)(F)F)c(-c2sc(C(=O)NCC(C)(C)O)nc2C(=O)N2[C@H]3CC[C@@H]2CC3)cn1)C1CC1. The molecule has 206 valence electrons. The van der Waals surface area contributed by atoms with Crippen LogP contribution in [0.1, 0.15) is 85.2 Å². The second kappa shape index (κ2) is 9.78. The predicted octanol–water partition coefficient (Wildman–Crippen LogP) is 4.70. The van der Waals surface area contributed by atoms with Gasteiger partial charge in [-0.1, -0.05) is 0 Å². The Morgan fingerprint density at radius 2 is 1.79 bits per heavy atom. The van der Waals surface area contributed by atoms with Gasteiger partial charge in [0.05, 0.1) is 16.0 Å². The number of halogens is 3. The van der Waals surface area contributed by atoms with Crippen LogP contribution in [-0.4, -0.2) is 62.1 Å². The van der Waals surface area contributed by atoms with Crippen molar-refractivity contribution in [1.29, 1.82) is 0 Å². The summed E-state index contributed by atoms with van der Waals surface area (Å²) in [6.45, 7) is 4.86. The number of hydrogen-bond donors (Lipinski definition) is 3. The Labute approximate surface area is 223 Å². The van der Waals surface area contributed by atoms with E-state index in [1.165, 1.54) is 13.8 Å². The first-order valence-electron chi connectivity index (χ1n) is 13.0. The molecule has 8 nitrogen and oxygen atoms in total. The van der Waals surface area contributed by atoms with E-state index in [0.717, 1.165) is 62.1 Å². The summed E-state index contributed by atoms with van der Waals surface area (Å²) in [6.07, 6.45) is 1.86. The van der Waals surface area contributed by atoms with Gasteiger partial charge in [-0.15, -0.1) is 11.3 Å². The Morgan fingerprint density at radius 1 is 1.16 bits per heavy atom. The molecule has 12 heteroatoms. The maximum Gasteiger partial charge on any atom is 0.417 e. The molecule has 5 rings (SSSR count). The van der Waals surface area contributed by atoms with Crippen LogP contribution in [0.2, 0.25) is 0 Å². The average molecular weight is 552 g/mol. The van der Waals surface area contributed by atoms with Gasteiger partial charge in [0.2, 0.25) is 0 Å². The van der Waals surface area contributed by atoms with Crippen molar-refractivity contribution in [2.24, 2.45) is 5.92 Å². The lowest BCUT2D eigenvalue weighted by Gasteiger charge is -2.22. The summed E-state index contributed by atoms with van der Waals surface area (Å²) >= 11 is 0.734. The summed E-state index contributed by atoms with van der Waals surface area (Å²) in [4.78, 5) is 36.8. The maximum atomic E-state index is 14.3. The molecule has 1 atom stereocenters. The van der Waals surface area contributed by atoms with Crippen molar-refractivity contribution >= 4 is 29.0 Å². The fourth-order valence-electron chi connectivity index (χ4n) is 5.38. The lowest BCUT2D eigenvalue weighted by Crippen LogP contribution is -2.38. The molecule has 3 N–H and O–H groups in total. The highest BCUT2D eigenvalue weighted by Crippen LogP contribution is 2.44. The fourth-order valence-corrected chi connectivity index (χ4v) is 6.38. The monoisotopic (exact) mass is 551 g/mol. The van der Waals surface area contributed by atoms with Crippen LogP contribution >= 0.6 is 11.3 Å². The number of nitrogens with one attached hydrogen (secondary N) is 2. The van der Waals surface area contributed by atoms with E-state index >= 15 is 0 Å². The Morgan fingerprint density at radius 3 is 2.34 bits per heavy atom. The highest BCUT2D eigenvalue weighted by molar-refractivity contribution is 7.17. The molecule has 0 unspecified atom stereocenters. The minimum absolute atomic E-state index is 0.00769. The first-order valence-corrected chi connectivity index (χ1v) is 13.8. The molecule has 1 saturated carbocycles. The number of thiazole rings is 1. The number of fused-ring (bicyclic) bond motifs is 2. The van der Waals surface area contributed by atoms with Crippen LogP contribution < -0.4 is 10.6 Å². The summed E-state index contributed by atoms with van der Waals surface area (Å²) < 4.78 is 43.0. The van der Waals surface area contributed by atoms with Crippen molar-refractivity contribution < 1.29 is 27.9 Å². The average Bonchev–Trinajstić information content (AvgIpc) is 3.31. The maximum absolute atomic E-state index is 14.3. The van der Waals surface area contributed by atoms with Gasteiger partial charge < -0.3 is 20.6 Å². The Kier molecular flexibility index (Phi) is 6.91. The molecule has 2 saturated heterocycles. The summed E-state index contributed by atoms with van der Waals surface area (Å²) in [5, 5.41) is 15.4. The van der Waals surface area contributed by atoms with Crippen molar-refractivity contribution in [3.63, 3.8) is 0 Å². The van der Waals surface area contributed by atoms with Crippen LogP contribution in [0.4, 0.5) is 19.0 Å². The predicted molar refractivity (Wildman–Crippen MR) is 137 cm³/mol. The first-order chi connectivity index (χ1) is 17.8. The number of rotatable bonds is 8. The number of anilines is 1. The normalized spacial score (nSPS) is 22.0. The molecule has 0 aromatic carbocycles. The van der Waals surface area contributed by atoms with E-state index in [1.807, 2.05) is 6.92 Å². The second-order valence-corrected chi connectivity index (χ2v) is 12.2. The lowest BCUT2D eigenvalue weighted by atomic mass is 10.0. The van der Waals surface area contributed by atoms with Crippen LogP contribution in [-0.2, 0) is 6.18 Å². The summed E-state index contributed by atoms with van der Waals surface area (Å²) in [5.74, 6) is -0.601. The van der Waals surface area contributed by atoms with Crippen LogP contribution in [0.25, 0.3) is 10.4 Å². The molecule has 0 radical (unpaired) electrons. The zero-order valence-electron chi connectivity index (χ0n) is 21.6. The van der Waals surface area contributed by atoms with Crippen LogP contribution in [0.5, 0.6) is 0 Å². The number of aliphatic hydroxyl groups is 1. The van der Waals surface area contributed by atoms with Crippen LogP contribution in [0, 0.1) is 5.92 Å². The minimum atomic E-state index is -4.72. The first kappa shape index (κ1) is 26.9. The van der Waals surface area contributed by atoms with Gasteiger partial charge in [0.15, 0.2) is 5.01 Å². The van der Waals surface area contributed by atoms with E-state index < -0.39 is 29.2 Å². The van der Waals surface area contributed by atoms with Crippen molar-refractivity contribution in [1.82, 2.24) is 20.2 Å². The standard InChI is InChI=1S/C26H32F3N5O3S/c1-13(14-4-5-14)32-19-10-18(26(27,28)29)17(11-30-19)21-20(24(36)34-15-6-7-16(34)9-8-15)33-23(38-21)22(35)31-12-25(2,3)37/h10-11,13-16,37H,4-9,12H2,1-3H3,(H,30,32)(H,31,35)/t13-,15-,16+/m0/s1. The number of carbonyl (C=O) groups excluding carboxylic acids is 2. The molecule has 38 heavy (non-hydrogen) atoms. The molecule has 3 aliphatic rings. The van der Waals surface area contributed by atoms with E-state index in [0.29, 0.717) is 5.92 Å². The molecule has 0 spiro atoms. The fraction of sp³-hybridized carbons (Fsp3) is 0.615. The Balaban J connectivity index is 1.55. The topological polar surface area (TPSA) is 107 Å². The molecular weight excluding hydrogens is 519 g/mol. The Bertz CT molecular complexity index is 1220. The van der Waals surface area contributed by atoms with Crippen molar-refractivity contribution in [3.8, 4) is 10.4 Å². The van der Waals surface area contributed by atoms with Crippen molar-refractivity contribution in [3.05, 3.63) is 28.5 Å². The lowest BCUT2D eigenvalue weighted by molar-refractivity contribution is -0.137. The van der Waals surface area contributed by atoms with Crippen LogP contribution in [0.15, 0.2) is 12.3 Å². The highest BCUT2D eigenvalue weighted by Gasteiger charge is 2.45. The smallest absolute Gasteiger partial charge is 0.389 e. The third-order valence-corrected chi connectivity index (χ3v) is 8.64. The zero-order valence-corrected chi connectivity index (χ0v) is 22.4. The third kappa shape index (κ3) is 5.51. The van der Waals surface area contributed by atoms with Crippen molar-refractivity contribution in [2.75, 3.05) is 11.9 Å². The Hall–Kier alpha value is -2.73. The zero-order chi connectivity index (χ0) is 27.4. The number of aromatic nitrogens is 2. The molecule has 1 aliphatic carbocycles. The van der Waals surface area contributed by atoms with Gasteiger partial charge in [-0.05, 0) is 71.3 Å². The van der Waals surface area contributed by atoms with E-state index in [-0.39, 0.29) is 51.6 Å². The number of alkyl halides is 3. The molecule has 2 amide bonds. The number of pyridine rings is 1. The molecule has 2 aliphatic heterocycles. The summed E-state index contributed by atoms with van der Waals surface area (Å²) in [5.41, 5.74) is -2.59. The van der Waals surface area contributed by atoms with E-state index in [9.17, 15) is 27.9 Å². The van der Waals surface area contributed by atoms with Gasteiger partial charge >= 0.3 is 6.18 Å². The quantitative estimate of drug-likeness (QED) is 0.439. The number of hydrogen-bond acceptors (Lipinski definition) is 7. The number of carbonyl (C=O) groups is 2. The summed E-state index contributed by atoms with van der Waals surface area (Å²) in [6, 6.07) is 1.03. The summed E-state index contributed by atoms with van der Waals surface area (Å²) in [7, 11) is 0. The molecule has 4 heterocycles. The van der Waals surface area contributed by atoms with Gasteiger partial charge in [-0.2, -0.15) is 13.2 Å². The number of amides is 2. The van der Waals surface area contributed by atoms with E-state index in [2.05, 4.69) is 20.6 Å². The third-order valence-electron chi connectivity index (χ3n) is 7.55. The van der Waals surface area contributed by atoms with Gasteiger partial charge in [0.25, 0.3) is 11.8 Å². The van der Waals surface area contributed by atoms with Gasteiger partial charge in [-0.25, -0.2) is 9.97 Å². The van der Waals surface area contributed by atoms with Gasteiger partial charge in [0.1, 0.15) is 11.5 Å². The molecule has 3 fully saturated rings. The van der Waals surface area contributed by atoms with Gasteiger partial charge in [0, 0.05) is 36.4 Å². The van der Waals surface area contributed by atoms with Crippen molar-refractivity contribution in [2.45, 2.75) is 89.2 Å². The van der Waals surface area contributed by atoms with E-state index in [4.69, 9.17) is 0 Å². The highest BCUT2D eigenvalue weighted by atomic mass is 32.1. The number of nitrogens with zero attached hydrogens (tertiary/aromatic N) is 3. The molecule has 2 bridgehead atoms. The van der Waals surface area contributed by atoms with Gasteiger partial charge in [-0.3, -0.25) is 9.59 Å². The largest absolute Gasteiger partial charge is 0.417 e. The van der Waals surface area contributed by atoms with E-state index in [1.54, 1.807) is 4.90 Å². The molecule has 2 aromatic heterocycles. The molecule has 2 aromatic rings. The minimum Gasteiger partial charge on any atom is -0.389 e. The van der Waals surface area contributed by atoms with Crippen LogP contribution in [0.3, 0.4) is 0 Å². The molecular formula is C26H32F3N5O3S. The second-order valence-electron chi connectivity index (χ2n) is 11.2.